The molecule has 202 valence electrons. The molecule has 0 saturated carbocycles. The molecule has 0 radical (unpaired) electrons. The maximum absolute atomic E-state index is 10.4. The van der Waals surface area contributed by atoms with Gasteiger partial charge in [0, 0.05) is 34.1 Å². The van der Waals surface area contributed by atoms with Gasteiger partial charge in [0.05, 0.1) is 63.3 Å². The zero-order chi connectivity index (χ0) is 29.8. The highest BCUT2D eigenvalue weighted by Crippen LogP contribution is 2.43. The van der Waals surface area contributed by atoms with Gasteiger partial charge in [-0.05, 0) is 77.7 Å². The van der Waals surface area contributed by atoms with Gasteiger partial charge >= 0.3 is 0 Å². The number of fused-ring (bicyclic) bond motifs is 6. The Morgan fingerprint density at radius 2 is 1.11 bits per heavy atom. The molecule has 0 aliphatic carbocycles. The van der Waals surface area contributed by atoms with Gasteiger partial charge in [-0.1, -0.05) is 42.5 Å². The molecule has 0 unspecified atom stereocenters. The van der Waals surface area contributed by atoms with E-state index in [9.17, 15) is 10.5 Å². The summed E-state index contributed by atoms with van der Waals surface area (Å²) >= 11 is 0. The number of aromatic nitrogens is 3. The van der Waals surface area contributed by atoms with Crippen molar-refractivity contribution in [2.75, 3.05) is 0 Å². The quantitative estimate of drug-likeness (QED) is 0.202. The third-order valence-corrected chi connectivity index (χ3v) is 8.26. The van der Waals surface area contributed by atoms with E-state index in [2.05, 4.69) is 55.4 Å². The van der Waals surface area contributed by atoms with Crippen LogP contribution >= 0.6 is 0 Å². The van der Waals surface area contributed by atoms with E-state index in [4.69, 9.17) is 6.57 Å². The number of nitrogens with zero attached hydrogens (tertiary/aromatic N) is 6. The number of hydrogen-bond acceptors (Lipinski definition) is 3. The lowest BCUT2D eigenvalue weighted by Gasteiger charge is -2.20. The zero-order valence-corrected chi connectivity index (χ0v) is 23.2. The van der Waals surface area contributed by atoms with E-state index < -0.39 is 0 Å². The van der Waals surface area contributed by atoms with Crippen LogP contribution in [0.25, 0.3) is 71.0 Å². The van der Waals surface area contributed by atoms with E-state index >= 15 is 0 Å². The molecule has 3 aromatic heterocycles. The number of benzene rings is 5. The predicted molar refractivity (Wildman–Crippen MR) is 174 cm³/mol. The lowest BCUT2D eigenvalue weighted by molar-refractivity contribution is 1.13. The SMILES string of the molecule is [C-]#[N+]c1ccc2c(c1)c1ccccc1n2-c1cc(C#N)cc(-n2c3ccccc3c3cc(C#N)ccc32)c1-c1ccncc1. The molecule has 5 aromatic carbocycles. The molecule has 0 spiro atoms. The van der Waals surface area contributed by atoms with Crippen molar-refractivity contribution in [1.29, 1.82) is 10.5 Å². The molecule has 6 heteroatoms. The summed E-state index contributed by atoms with van der Waals surface area (Å²) in [6.45, 7) is 7.62. The molecule has 0 fully saturated rings. The monoisotopic (exact) mass is 560 g/mol. The number of nitriles is 2. The summed E-state index contributed by atoms with van der Waals surface area (Å²) in [7, 11) is 0. The van der Waals surface area contributed by atoms with E-state index in [0.717, 1.165) is 66.1 Å². The Morgan fingerprint density at radius 1 is 0.568 bits per heavy atom. The van der Waals surface area contributed by atoms with Crippen LogP contribution in [0.3, 0.4) is 0 Å². The summed E-state index contributed by atoms with van der Waals surface area (Å²) in [6.07, 6.45) is 3.56. The Hall–Kier alpha value is -6.68. The lowest BCUT2D eigenvalue weighted by atomic mass is 9.99. The van der Waals surface area contributed by atoms with Crippen LogP contribution in [-0.2, 0) is 0 Å². The Kier molecular flexibility index (Phi) is 5.53. The molecule has 8 rings (SSSR count). The molecule has 0 bridgehead atoms. The van der Waals surface area contributed by atoms with Crippen molar-refractivity contribution in [3.8, 4) is 34.6 Å². The largest absolute Gasteiger partial charge is 0.309 e. The summed E-state index contributed by atoms with van der Waals surface area (Å²) in [4.78, 5) is 7.99. The standard InChI is InChI=1S/C38H20N6/c1-41-27-11-13-35-31(21-27)29-7-3-5-9-33(29)44(35)37-20-25(23-40)19-36(38(37)26-14-16-42-17-15-26)43-32-8-4-2-6-28(32)30-18-24(22-39)10-12-34(30)43/h2-21H. The van der Waals surface area contributed by atoms with Crippen molar-refractivity contribution in [1.82, 2.24) is 14.1 Å². The van der Waals surface area contributed by atoms with E-state index in [1.807, 2.05) is 84.9 Å². The average molecular weight is 561 g/mol. The van der Waals surface area contributed by atoms with Gasteiger partial charge in [0.15, 0.2) is 5.69 Å². The molecule has 0 saturated heterocycles. The maximum Gasteiger partial charge on any atom is 0.188 e. The second kappa shape index (κ2) is 9.71. The fourth-order valence-corrected chi connectivity index (χ4v) is 6.44. The fourth-order valence-electron chi connectivity index (χ4n) is 6.44. The minimum Gasteiger partial charge on any atom is -0.309 e. The fraction of sp³-hybridized carbons (Fsp3) is 0. The summed E-state index contributed by atoms with van der Waals surface area (Å²) < 4.78 is 4.39. The number of rotatable bonds is 3. The highest BCUT2D eigenvalue weighted by Gasteiger charge is 2.23. The van der Waals surface area contributed by atoms with Crippen LogP contribution in [-0.4, -0.2) is 14.1 Å². The summed E-state index contributed by atoms with van der Waals surface area (Å²) in [5, 5.41) is 24.1. The van der Waals surface area contributed by atoms with Gasteiger partial charge in [0.25, 0.3) is 0 Å². The third-order valence-electron chi connectivity index (χ3n) is 8.26. The molecule has 6 nitrogen and oxygen atoms in total. The van der Waals surface area contributed by atoms with Gasteiger partial charge in [-0.2, -0.15) is 10.5 Å². The van der Waals surface area contributed by atoms with Crippen molar-refractivity contribution >= 4 is 49.3 Å². The zero-order valence-electron chi connectivity index (χ0n) is 23.2. The molecule has 0 N–H and O–H groups in total. The first kappa shape index (κ1) is 25.1. The molecule has 0 aliphatic heterocycles. The second-order valence-electron chi connectivity index (χ2n) is 10.6. The Labute approximate surface area is 252 Å². The highest BCUT2D eigenvalue weighted by atomic mass is 15.0. The van der Waals surface area contributed by atoms with E-state index in [-0.39, 0.29) is 0 Å². The van der Waals surface area contributed by atoms with Crippen LogP contribution in [0.15, 0.2) is 122 Å². The van der Waals surface area contributed by atoms with Crippen LogP contribution in [0.2, 0.25) is 0 Å². The van der Waals surface area contributed by atoms with Crippen molar-refractivity contribution in [2.45, 2.75) is 0 Å². The molecule has 0 atom stereocenters. The Morgan fingerprint density at radius 3 is 1.70 bits per heavy atom. The van der Waals surface area contributed by atoms with E-state index in [0.29, 0.717) is 16.8 Å². The second-order valence-corrected chi connectivity index (χ2v) is 10.6. The van der Waals surface area contributed by atoms with Crippen molar-refractivity contribution in [2.24, 2.45) is 0 Å². The summed E-state index contributed by atoms with van der Waals surface area (Å²) in [6, 6.07) is 40.4. The van der Waals surface area contributed by atoms with Crippen molar-refractivity contribution in [3.05, 3.63) is 144 Å². The molecule has 0 amide bonds. The van der Waals surface area contributed by atoms with Gasteiger partial charge in [0.2, 0.25) is 0 Å². The molecule has 8 aromatic rings. The van der Waals surface area contributed by atoms with Crippen LogP contribution in [0.1, 0.15) is 11.1 Å². The first-order valence-corrected chi connectivity index (χ1v) is 14.0. The van der Waals surface area contributed by atoms with Gasteiger partial charge in [0.1, 0.15) is 0 Å². The van der Waals surface area contributed by atoms with E-state index in [1.165, 1.54) is 0 Å². The Bertz CT molecular complexity index is 2430. The van der Waals surface area contributed by atoms with Crippen LogP contribution in [0, 0.1) is 29.2 Å². The smallest absolute Gasteiger partial charge is 0.188 e. The lowest BCUT2D eigenvalue weighted by Crippen LogP contribution is -2.05. The normalized spacial score (nSPS) is 11.1. The minimum atomic E-state index is 0.510. The van der Waals surface area contributed by atoms with Gasteiger partial charge < -0.3 is 9.13 Å². The van der Waals surface area contributed by atoms with Crippen LogP contribution < -0.4 is 0 Å². The highest BCUT2D eigenvalue weighted by molar-refractivity contribution is 6.12. The minimum absolute atomic E-state index is 0.510. The third kappa shape index (κ3) is 3.61. The number of hydrogen-bond donors (Lipinski definition) is 0. The molecule has 0 aliphatic rings. The first-order chi connectivity index (χ1) is 21.7. The number of pyridine rings is 1. The van der Waals surface area contributed by atoms with E-state index in [1.54, 1.807) is 12.4 Å². The van der Waals surface area contributed by atoms with Crippen molar-refractivity contribution < 1.29 is 0 Å². The van der Waals surface area contributed by atoms with Gasteiger partial charge in [-0.25, -0.2) is 4.85 Å². The number of para-hydroxylation sites is 2. The van der Waals surface area contributed by atoms with Gasteiger partial charge in [-0.3, -0.25) is 4.98 Å². The molecular formula is C38H20N6. The average Bonchev–Trinajstić information content (AvgIpc) is 3.60. The summed E-state index contributed by atoms with van der Waals surface area (Å²) in [5.41, 5.74) is 9.04. The predicted octanol–water partition coefficient (Wildman–Crippen LogP) is 9.24. The van der Waals surface area contributed by atoms with Crippen LogP contribution in [0.4, 0.5) is 5.69 Å². The summed E-state index contributed by atoms with van der Waals surface area (Å²) in [5.74, 6) is 0. The van der Waals surface area contributed by atoms with Gasteiger partial charge in [-0.15, -0.1) is 0 Å². The van der Waals surface area contributed by atoms with Crippen molar-refractivity contribution in [3.63, 3.8) is 0 Å². The topological polar surface area (TPSA) is 74.7 Å². The molecular weight excluding hydrogens is 540 g/mol. The first-order valence-electron chi connectivity index (χ1n) is 14.0. The molecule has 44 heavy (non-hydrogen) atoms. The maximum atomic E-state index is 10.4. The Balaban J connectivity index is 1.59. The molecule has 3 heterocycles. The van der Waals surface area contributed by atoms with Crippen LogP contribution in [0.5, 0.6) is 0 Å².